The fourth-order valence-electron chi connectivity index (χ4n) is 2.50. The van der Waals surface area contributed by atoms with Crippen molar-refractivity contribution in [2.24, 2.45) is 0 Å². The second kappa shape index (κ2) is 6.91. The quantitative estimate of drug-likeness (QED) is 0.838. The molecule has 1 atom stereocenters. The highest BCUT2D eigenvalue weighted by Gasteiger charge is 2.30. The molecule has 0 unspecified atom stereocenters. The highest BCUT2D eigenvalue weighted by molar-refractivity contribution is 5.22. The van der Waals surface area contributed by atoms with Gasteiger partial charge in [-0.15, -0.1) is 0 Å². The van der Waals surface area contributed by atoms with Crippen LogP contribution < -0.4 is 0 Å². The third-order valence-electron chi connectivity index (χ3n) is 3.69. The van der Waals surface area contributed by atoms with Crippen LogP contribution in [0.3, 0.4) is 0 Å². The summed E-state index contributed by atoms with van der Waals surface area (Å²) in [6, 6.07) is 9.26. The fraction of sp³-hybridized carbons (Fsp3) is 0.667. The van der Waals surface area contributed by atoms with Crippen LogP contribution in [-0.2, 0) is 11.3 Å². The van der Waals surface area contributed by atoms with Crippen LogP contribution >= 0.6 is 0 Å². The van der Waals surface area contributed by atoms with E-state index in [1.807, 2.05) is 20.8 Å². The van der Waals surface area contributed by atoms with Gasteiger partial charge in [-0.1, -0.05) is 29.8 Å². The van der Waals surface area contributed by atoms with Crippen molar-refractivity contribution >= 4 is 0 Å². The molecular formula is C18H29NO2. The van der Waals surface area contributed by atoms with Gasteiger partial charge in [0.15, 0.2) is 0 Å². The molecule has 2 rings (SSSR count). The normalized spacial score (nSPS) is 17.2. The van der Waals surface area contributed by atoms with Crippen molar-refractivity contribution in [2.75, 3.05) is 13.2 Å². The van der Waals surface area contributed by atoms with Gasteiger partial charge in [-0.25, -0.2) is 0 Å². The monoisotopic (exact) mass is 291 g/mol. The van der Waals surface area contributed by atoms with Gasteiger partial charge in [0.25, 0.3) is 0 Å². The maximum absolute atomic E-state index is 10.2. The molecule has 1 fully saturated rings. The molecule has 1 N–H and O–H groups in total. The fourth-order valence-corrected chi connectivity index (χ4v) is 2.50. The Morgan fingerprint density at radius 2 is 2.05 bits per heavy atom. The van der Waals surface area contributed by atoms with Gasteiger partial charge in [0.1, 0.15) is 0 Å². The summed E-state index contributed by atoms with van der Waals surface area (Å²) < 4.78 is 5.68. The third-order valence-corrected chi connectivity index (χ3v) is 3.69. The molecule has 21 heavy (non-hydrogen) atoms. The second-order valence-electron chi connectivity index (χ2n) is 7.23. The number of rotatable bonds is 7. The third kappa shape index (κ3) is 6.16. The summed E-state index contributed by atoms with van der Waals surface area (Å²) in [7, 11) is 0. The van der Waals surface area contributed by atoms with E-state index in [1.54, 1.807) is 0 Å². The van der Waals surface area contributed by atoms with Crippen LogP contribution in [0.1, 0.15) is 44.7 Å². The zero-order valence-electron chi connectivity index (χ0n) is 13.8. The summed E-state index contributed by atoms with van der Waals surface area (Å²) in [5.74, 6) is 0. The number of aliphatic hydroxyl groups is 1. The molecular weight excluding hydrogens is 262 g/mol. The number of hydrogen-bond donors (Lipinski definition) is 1. The molecule has 1 aromatic rings. The topological polar surface area (TPSA) is 32.7 Å². The van der Waals surface area contributed by atoms with E-state index in [1.165, 1.54) is 24.0 Å². The van der Waals surface area contributed by atoms with Gasteiger partial charge in [-0.3, -0.25) is 4.90 Å². The molecule has 0 spiro atoms. The molecule has 1 aromatic carbocycles. The Morgan fingerprint density at radius 3 is 2.62 bits per heavy atom. The van der Waals surface area contributed by atoms with E-state index in [9.17, 15) is 5.11 Å². The molecule has 0 radical (unpaired) electrons. The lowest BCUT2D eigenvalue weighted by Gasteiger charge is -2.27. The highest BCUT2D eigenvalue weighted by Crippen LogP contribution is 2.28. The molecule has 0 aliphatic heterocycles. The molecule has 0 aromatic heterocycles. The number of aryl methyl sites for hydroxylation is 1. The van der Waals surface area contributed by atoms with E-state index >= 15 is 0 Å². The molecule has 3 heteroatoms. The van der Waals surface area contributed by atoms with Crippen molar-refractivity contribution < 1.29 is 9.84 Å². The minimum Gasteiger partial charge on any atom is -0.389 e. The van der Waals surface area contributed by atoms with Crippen molar-refractivity contribution in [1.29, 1.82) is 0 Å². The molecule has 1 aliphatic carbocycles. The van der Waals surface area contributed by atoms with Crippen molar-refractivity contribution in [3.63, 3.8) is 0 Å². The Balaban J connectivity index is 1.87. The molecule has 1 aliphatic rings. The Kier molecular flexibility index (Phi) is 5.42. The van der Waals surface area contributed by atoms with E-state index in [4.69, 9.17) is 4.74 Å². The predicted octanol–water partition coefficient (Wildman–Crippen LogP) is 3.14. The SMILES string of the molecule is Cc1cccc(CN(C[C@@H](O)COC(C)(C)C)C2CC2)c1. The van der Waals surface area contributed by atoms with Gasteiger partial charge in [0.05, 0.1) is 18.3 Å². The Labute approximate surface area is 128 Å². The van der Waals surface area contributed by atoms with Crippen LogP contribution in [0.25, 0.3) is 0 Å². The Morgan fingerprint density at radius 1 is 1.33 bits per heavy atom. The van der Waals surface area contributed by atoms with Gasteiger partial charge in [0.2, 0.25) is 0 Å². The molecule has 118 valence electrons. The first-order valence-electron chi connectivity index (χ1n) is 7.95. The highest BCUT2D eigenvalue weighted by atomic mass is 16.5. The Bertz CT molecular complexity index is 449. The maximum Gasteiger partial charge on any atom is 0.0900 e. The second-order valence-corrected chi connectivity index (χ2v) is 7.23. The van der Waals surface area contributed by atoms with Crippen LogP contribution in [0.15, 0.2) is 24.3 Å². The summed E-state index contributed by atoms with van der Waals surface area (Å²) >= 11 is 0. The average Bonchev–Trinajstić information content (AvgIpc) is 3.19. The van der Waals surface area contributed by atoms with E-state index in [0.717, 1.165) is 6.54 Å². The smallest absolute Gasteiger partial charge is 0.0900 e. The Hall–Kier alpha value is -0.900. The summed E-state index contributed by atoms with van der Waals surface area (Å²) in [5.41, 5.74) is 2.42. The van der Waals surface area contributed by atoms with Gasteiger partial charge < -0.3 is 9.84 Å². The van der Waals surface area contributed by atoms with Crippen molar-refractivity contribution in [1.82, 2.24) is 4.90 Å². The van der Waals surface area contributed by atoms with Crippen LogP contribution in [0, 0.1) is 6.92 Å². The lowest BCUT2D eigenvalue weighted by Crippen LogP contribution is -2.37. The number of nitrogens with zero attached hydrogens (tertiary/aromatic N) is 1. The zero-order valence-corrected chi connectivity index (χ0v) is 13.8. The maximum atomic E-state index is 10.2. The molecule has 0 heterocycles. The first-order chi connectivity index (χ1) is 9.83. The van der Waals surface area contributed by atoms with Crippen LogP contribution in [0.4, 0.5) is 0 Å². The molecule has 3 nitrogen and oxygen atoms in total. The van der Waals surface area contributed by atoms with Crippen molar-refractivity contribution in [2.45, 2.75) is 64.8 Å². The number of aliphatic hydroxyl groups excluding tert-OH is 1. The number of ether oxygens (including phenoxy) is 1. The summed E-state index contributed by atoms with van der Waals surface area (Å²) in [5, 5.41) is 10.2. The van der Waals surface area contributed by atoms with Crippen LogP contribution in [-0.4, -0.2) is 40.9 Å². The number of benzene rings is 1. The predicted molar refractivity (Wildman–Crippen MR) is 86.3 cm³/mol. The molecule has 0 amide bonds. The first kappa shape index (κ1) is 16.5. The standard InChI is InChI=1S/C18H29NO2/c1-14-6-5-7-15(10-14)11-19(16-8-9-16)12-17(20)13-21-18(2,3)4/h5-7,10,16-17,20H,8-9,11-13H2,1-4H3/t17-/m1/s1. The summed E-state index contributed by atoms with van der Waals surface area (Å²) in [4.78, 5) is 2.39. The van der Waals surface area contributed by atoms with E-state index in [2.05, 4.69) is 36.1 Å². The largest absolute Gasteiger partial charge is 0.389 e. The van der Waals surface area contributed by atoms with E-state index < -0.39 is 6.10 Å². The van der Waals surface area contributed by atoms with Crippen molar-refractivity contribution in [3.05, 3.63) is 35.4 Å². The van der Waals surface area contributed by atoms with Crippen LogP contribution in [0.2, 0.25) is 0 Å². The van der Waals surface area contributed by atoms with Gasteiger partial charge in [-0.2, -0.15) is 0 Å². The van der Waals surface area contributed by atoms with Crippen molar-refractivity contribution in [3.8, 4) is 0 Å². The van der Waals surface area contributed by atoms with Gasteiger partial charge in [0, 0.05) is 19.1 Å². The molecule has 0 saturated heterocycles. The number of hydrogen-bond acceptors (Lipinski definition) is 3. The van der Waals surface area contributed by atoms with Crippen LogP contribution in [0.5, 0.6) is 0 Å². The zero-order chi connectivity index (χ0) is 15.5. The first-order valence-corrected chi connectivity index (χ1v) is 7.95. The van der Waals surface area contributed by atoms with E-state index in [-0.39, 0.29) is 5.60 Å². The average molecular weight is 291 g/mol. The molecule has 1 saturated carbocycles. The summed E-state index contributed by atoms with van der Waals surface area (Å²) in [6.45, 7) is 10.2. The summed E-state index contributed by atoms with van der Waals surface area (Å²) in [6.07, 6.45) is 2.08. The van der Waals surface area contributed by atoms with E-state index in [0.29, 0.717) is 19.2 Å². The van der Waals surface area contributed by atoms with Gasteiger partial charge in [-0.05, 0) is 46.1 Å². The lowest BCUT2D eigenvalue weighted by molar-refractivity contribution is -0.0572. The minimum absolute atomic E-state index is 0.193. The minimum atomic E-state index is -0.422. The molecule has 0 bridgehead atoms. The lowest BCUT2D eigenvalue weighted by atomic mass is 10.1. The van der Waals surface area contributed by atoms with Gasteiger partial charge >= 0.3 is 0 Å².